The molecule has 0 fully saturated rings. The molecule has 3 aromatic carbocycles. The number of nitrogens with one attached hydrogen (secondary N) is 1. The lowest BCUT2D eigenvalue weighted by Gasteiger charge is -2.18. The van der Waals surface area contributed by atoms with Crippen LogP contribution in [-0.4, -0.2) is 6.04 Å². The minimum Gasteiger partial charge on any atom is -0.378 e. The van der Waals surface area contributed by atoms with Gasteiger partial charge in [-0.3, -0.25) is 0 Å². The predicted octanol–water partition coefficient (Wildman–Crippen LogP) is 6.02. The van der Waals surface area contributed by atoms with Gasteiger partial charge in [0.1, 0.15) is 0 Å². The lowest BCUT2D eigenvalue weighted by molar-refractivity contribution is 0.806. The zero-order valence-corrected chi connectivity index (χ0v) is 13.9. The third kappa shape index (κ3) is 2.40. The Kier molecular flexibility index (Phi) is 3.31. The van der Waals surface area contributed by atoms with Crippen molar-refractivity contribution in [3.05, 3.63) is 103 Å². The number of hydrogen-bond acceptors (Lipinski definition) is 1. The molecule has 0 bridgehead atoms. The molecule has 1 heteroatoms. The Morgan fingerprint density at radius 2 is 1.32 bits per heavy atom. The summed E-state index contributed by atoms with van der Waals surface area (Å²) < 4.78 is 0. The Bertz CT molecular complexity index is 968. The smallest absolute Gasteiger partial charge is 0.0552 e. The maximum Gasteiger partial charge on any atom is 0.0552 e. The number of hydrogen-bond donors (Lipinski definition) is 1. The van der Waals surface area contributed by atoms with Crippen LogP contribution in [-0.2, 0) is 0 Å². The fourth-order valence-electron chi connectivity index (χ4n) is 3.99. The summed E-state index contributed by atoms with van der Waals surface area (Å²) in [6.45, 7) is 0. The van der Waals surface area contributed by atoms with Gasteiger partial charge in [-0.05, 0) is 39.9 Å². The number of rotatable bonds is 2. The Morgan fingerprint density at radius 3 is 2.08 bits per heavy atom. The standard InChI is InChI=1S/C24H19N/c1-3-9-17(10-4-1)19-15-21(18-11-5-2-6-12-18)24-20-13-7-8-14-22(20)25-23(24)16-19/h1-16,20,22,25H. The Hall–Kier alpha value is -3.06. The zero-order valence-electron chi connectivity index (χ0n) is 13.9. The minimum absolute atomic E-state index is 0.355. The van der Waals surface area contributed by atoms with E-state index in [2.05, 4.69) is 102 Å². The number of anilines is 1. The second-order valence-corrected chi connectivity index (χ2v) is 6.68. The maximum atomic E-state index is 3.72. The first kappa shape index (κ1) is 14.3. The van der Waals surface area contributed by atoms with Crippen molar-refractivity contribution in [3.8, 4) is 22.3 Å². The molecule has 1 aliphatic heterocycles. The molecular formula is C24H19N. The maximum absolute atomic E-state index is 3.72. The van der Waals surface area contributed by atoms with Gasteiger partial charge in [0, 0.05) is 11.6 Å². The molecule has 2 aliphatic rings. The van der Waals surface area contributed by atoms with Crippen molar-refractivity contribution in [2.45, 2.75) is 12.0 Å². The van der Waals surface area contributed by atoms with Gasteiger partial charge in [0.05, 0.1) is 6.04 Å². The quantitative estimate of drug-likeness (QED) is 0.608. The Morgan fingerprint density at radius 1 is 0.640 bits per heavy atom. The lowest BCUT2D eigenvalue weighted by atomic mass is 9.85. The van der Waals surface area contributed by atoms with Gasteiger partial charge in [-0.25, -0.2) is 0 Å². The molecule has 1 aliphatic carbocycles. The molecule has 0 saturated heterocycles. The van der Waals surface area contributed by atoms with Crippen LogP contribution >= 0.6 is 0 Å². The highest BCUT2D eigenvalue weighted by molar-refractivity contribution is 5.85. The van der Waals surface area contributed by atoms with Crippen molar-refractivity contribution in [2.24, 2.45) is 0 Å². The summed E-state index contributed by atoms with van der Waals surface area (Å²) in [6.07, 6.45) is 8.89. The molecule has 1 nitrogen and oxygen atoms in total. The first-order chi connectivity index (χ1) is 12.4. The van der Waals surface area contributed by atoms with Crippen molar-refractivity contribution in [1.29, 1.82) is 0 Å². The molecule has 0 saturated carbocycles. The third-order valence-electron chi connectivity index (χ3n) is 5.16. The summed E-state index contributed by atoms with van der Waals surface area (Å²) in [5.74, 6) is 0.403. The SMILES string of the molecule is C1=CC2Nc3cc(-c4ccccc4)cc(-c4ccccc4)c3C2C=C1. The van der Waals surface area contributed by atoms with E-state index in [9.17, 15) is 0 Å². The summed E-state index contributed by atoms with van der Waals surface area (Å²) in [7, 11) is 0. The van der Waals surface area contributed by atoms with Crippen molar-refractivity contribution in [1.82, 2.24) is 0 Å². The van der Waals surface area contributed by atoms with Gasteiger partial charge in [0.25, 0.3) is 0 Å². The van der Waals surface area contributed by atoms with Crippen LogP contribution in [0, 0.1) is 0 Å². The fraction of sp³-hybridized carbons (Fsp3) is 0.0833. The van der Waals surface area contributed by atoms with Gasteiger partial charge < -0.3 is 5.32 Å². The van der Waals surface area contributed by atoms with E-state index >= 15 is 0 Å². The molecule has 1 heterocycles. The highest BCUT2D eigenvalue weighted by Crippen LogP contribution is 2.46. The first-order valence-corrected chi connectivity index (χ1v) is 8.80. The summed E-state index contributed by atoms with van der Waals surface area (Å²) in [4.78, 5) is 0. The molecule has 5 rings (SSSR count). The van der Waals surface area contributed by atoms with E-state index in [1.54, 1.807) is 0 Å². The van der Waals surface area contributed by atoms with Crippen molar-refractivity contribution in [3.63, 3.8) is 0 Å². The lowest BCUT2D eigenvalue weighted by Crippen LogP contribution is -2.17. The highest BCUT2D eigenvalue weighted by atomic mass is 15.0. The average Bonchev–Trinajstić information content (AvgIpc) is 3.07. The normalized spacial score (nSPS) is 20.0. The molecule has 25 heavy (non-hydrogen) atoms. The van der Waals surface area contributed by atoms with Gasteiger partial charge in [0.15, 0.2) is 0 Å². The van der Waals surface area contributed by atoms with Gasteiger partial charge in [-0.15, -0.1) is 0 Å². The van der Waals surface area contributed by atoms with Gasteiger partial charge in [-0.1, -0.05) is 85.0 Å². The van der Waals surface area contributed by atoms with E-state index in [0.717, 1.165) is 0 Å². The van der Waals surface area contributed by atoms with Crippen LogP contribution in [0.2, 0.25) is 0 Å². The summed E-state index contributed by atoms with van der Waals surface area (Å²) in [6, 6.07) is 26.4. The molecule has 0 radical (unpaired) electrons. The highest BCUT2D eigenvalue weighted by Gasteiger charge is 2.32. The van der Waals surface area contributed by atoms with E-state index in [-0.39, 0.29) is 0 Å². The summed E-state index contributed by atoms with van der Waals surface area (Å²) >= 11 is 0. The second kappa shape index (κ2) is 5.78. The molecule has 2 unspecified atom stereocenters. The summed E-state index contributed by atoms with van der Waals surface area (Å²) in [5.41, 5.74) is 7.80. The number of allylic oxidation sites excluding steroid dienone is 2. The van der Waals surface area contributed by atoms with Crippen molar-refractivity contribution >= 4 is 5.69 Å². The molecule has 1 N–H and O–H groups in total. The van der Waals surface area contributed by atoms with E-state index in [4.69, 9.17) is 0 Å². The van der Waals surface area contributed by atoms with Crippen LogP contribution in [0.15, 0.2) is 97.1 Å². The van der Waals surface area contributed by atoms with E-state index in [0.29, 0.717) is 12.0 Å². The second-order valence-electron chi connectivity index (χ2n) is 6.68. The van der Waals surface area contributed by atoms with E-state index < -0.39 is 0 Å². The molecular weight excluding hydrogens is 302 g/mol. The molecule has 2 atom stereocenters. The number of fused-ring (bicyclic) bond motifs is 3. The minimum atomic E-state index is 0.355. The molecule has 0 aromatic heterocycles. The largest absolute Gasteiger partial charge is 0.378 e. The topological polar surface area (TPSA) is 12.0 Å². The average molecular weight is 321 g/mol. The first-order valence-electron chi connectivity index (χ1n) is 8.80. The van der Waals surface area contributed by atoms with E-state index in [1.165, 1.54) is 33.5 Å². The molecule has 120 valence electrons. The van der Waals surface area contributed by atoms with Gasteiger partial charge in [-0.2, -0.15) is 0 Å². The third-order valence-corrected chi connectivity index (χ3v) is 5.16. The van der Waals surface area contributed by atoms with Gasteiger partial charge in [0.2, 0.25) is 0 Å². The van der Waals surface area contributed by atoms with Crippen LogP contribution in [0.1, 0.15) is 11.5 Å². The van der Waals surface area contributed by atoms with Crippen molar-refractivity contribution < 1.29 is 0 Å². The molecule has 3 aromatic rings. The van der Waals surface area contributed by atoms with Crippen LogP contribution in [0.25, 0.3) is 22.3 Å². The fourth-order valence-corrected chi connectivity index (χ4v) is 3.99. The van der Waals surface area contributed by atoms with Crippen LogP contribution in [0.4, 0.5) is 5.69 Å². The van der Waals surface area contributed by atoms with E-state index in [1.807, 2.05) is 0 Å². The predicted molar refractivity (Wildman–Crippen MR) is 106 cm³/mol. The Balaban J connectivity index is 1.75. The van der Waals surface area contributed by atoms with Crippen LogP contribution in [0.3, 0.4) is 0 Å². The number of benzene rings is 3. The zero-order chi connectivity index (χ0) is 16.6. The monoisotopic (exact) mass is 321 g/mol. The van der Waals surface area contributed by atoms with Crippen molar-refractivity contribution in [2.75, 3.05) is 5.32 Å². The van der Waals surface area contributed by atoms with Crippen LogP contribution < -0.4 is 5.32 Å². The molecule has 0 spiro atoms. The van der Waals surface area contributed by atoms with Crippen LogP contribution in [0.5, 0.6) is 0 Å². The molecule has 0 amide bonds. The van der Waals surface area contributed by atoms with Gasteiger partial charge >= 0.3 is 0 Å². The Labute approximate surface area is 148 Å². The summed E-state index contributed by atoms with van der Waals surface area (Å²) in [5, 5.41) is 3.72.